The van der Waals surface area contributed by atoms with E-state index in [0.717, 1.165) is 48.0 Å². The van der Waals surface area contributed by atoms with Gasteiger partial charge in [0, 0.05) is 50.3 Å². The van der Waals surface area contributed by atoms with Crippen molar-refractivity contribution in [2.45, 2.75) is 6.54 Å². The fourth-order valence-electron chi connectivity index (χ4n) is 4.21. The number of likely N-dealkylation sites (N-methyl/N-ethyl adjacent to an activating group) is 1. The van der Waals surface area contributed by atoms with Gasteiger partial charge < -0.3 is 25.5 Å². The molecule has 0 aliphatic carbocycles. The highest BCUT2D eigenvalue weighted by molar-refractivity contribution is 7.17. The first kappa shape index (κ1) is 25.4. The number of anilines is 3. The lowest BCUT2D eigenvalue weighted by Crippen LogP contribution is -2.44. The Morgan fingerprint density at radius 3 is 2.63 bits per heavy atom. The lowest BCUT2D eigenvalue weighted by atomic mass is 10.1. The van der Waals surface area contributed by atoms with E-state index in [9.17, 15) is 9.59 Å². The summed E-state index contributed by atoms with van der Waals surface area (Å²) in [6, 6.07) is 20.2. The van der Waals surface area contributed by atoms with E-state index in [1.54, 1.807) is 30.5 Å². The van der Waals surface area contributed by atoms with E-state index in [0.29, 0.717) is 10.8 Å². The van der Waals surface area contributed by atoms with Crippen molar-refractivity contribution in [2.75, 3.05) is 43.4 Å². The highest BCUT2D eigenvalue weighted by atomic mass is 32.1. The Kier molecular flexibility index (Phi) is 7.62. The number of hydrogen-bond acceptors (Lipinski definition) is 8. The van der Waals surface area contributed by atoms with E-state index in [4.69, 9.17) is 5.11 Å². The van der Waals surface area contributed by atoms with Crippen LogP contribution in [0.4, 0.5) is 17.3 Å². The molecule has 9 nitrogen and oxygen atoms in total. The maximum Gasteiger partial charge on any atom is 0.335 e. The van der Waals surface area contributed by atoms with Crippen molar-refractivity contribution in [3.05, 3.63) is 88.9 Å². The molecule has 4 aromatic rings. The number of carboxylic acids is 1. The summed E-state index contributed by atoms with van der Waals surface area (Å²) in [5.41, 5.74) is 3.71. The highest BCUT2D eigenvalue weighted by Gasteiger charge is 2.15. The Balaban J connectivity index is 1.23. The van der Waals surface area contributed by atoms with Gasteiger partial charge in [0.25, 0.3) is 5.91 Å². The zero-order valence-corrected chi connectivity index (χ0v) is 21.7. The van der Waals surface area contributed by atoms with E-state index in [1.807, 2.05) is 24.3 Å². The average Bonchev–Trinajstić information content (AvgIpc) is 3.43. The molecule has 0 atom stereocenters. The van der Waals surface area contributed by atoms with Gasteiger partial charge in [-0.25, -0.2) is 14.8 Å². The SMILES string of the molecule is CN1CCN(c2cccc(Nc3nccc(-c4ccc(C(=O)NCc5cccc(C(=O)O)c5)s4)n3)c2)CC1. The monoisotopic (exact) mass is 528 g/mol. The van der Waals surface area contributed by atoms with Crippen LogP contribution >= 0.6 is 11.3 Å². The number of nitrogens with one attached hydrogen (secondary N) is 2. The second-order valence-electron chi connectivity index (χ2n) is 9.08. The van der Waals surface area contributed by atoms with E-state index < -0.39 is 5.97 Å². The van der Waals surface area contributed by atoms with Gasteiger partial charge in [0.05, 0.1) is 21.0 Å². The van der Waals surface area contributed by atoms with Gasteiger partial charge in [0.2, 0.25) is 5.95 Å². The number of rotatable bonds is 8. The van der Waals surface area contributed by atoms with Crippen LogP contribution in [0.5, 0.6) is 0 Å². The molecule has 194 valence electrons. The maximum atomic E-state index is 12.7. The van der Waals surface area contributed by atoms with Crippen LogP contribution in [-0.2, 0) is 6.54 Å². The van der Waals surface area contributed by atoms with E-state index in [-0.39, 0.29) is 18.0 Å². The van der Waals surface area contributed by atoms with Crippen molar-refractivity contribution < 1.29 is 14.7 Å². The Hall–Kier alpha value is -4.28. The van der Waals surface area contributed by atoms with E-state index in [1.165, 1.54) is 23.1 Å². The van der Waals surface area contributed by atoms with E-state index >= 15 is 0 Å². The molecule has 1 aliphatic rings. The molecule has 3 N–H and O–H groups in total. The molecule has 0 unspecified atom stereocenters. The van der Waals surface area contributed by atoms with Gasteiger partial charge in [-0.3, -0.25) is 4.79 Å². The molecule has 1 aliphatic heterocycles. The van der Waals surface area contributed by atoms with Crippen LogP contribution in [0.3, 0.4) is 0 Å². The number of carbonyl (C=O) groups is 2. The number of carbonyl (C=O) groups excluding carboxylic acids is 1. The smallest absolute Gasteiger partial charge is 0.335 e. The molecule has 2 aromatic heterocycles. The molecule has 10 heteroatoms. The van der Waals surface area contributed by atoms with Gasteiger partial charge in [-0.2, -0.15) is 0 Å². The number of benzene rings is 2. The molecule has 0 saturated carbocycles. The number of aromatic carboxylic acids is 1. The zero-order valence-electron chi connectivity index (χ0n) is 20.9. The molecule has 0 spiro atoms. The molecule has 2 aromatic carbocycles. The predicted molar refractivity (Wildman–Crippen MR) is 149 cm³/mol. The van der Waals surface area contributed by atoms with Crippen LogP contribution in [0.1, 0.15) is 25.6 Å². The number of carboxylic acid groups (broad SMARTS) is 1. The van der Waals surface area contributed by atoms with Gasteiger partial charge in [-0.05, 0) is 61.1 Å². The van der Waals surface area contributed by atoms with Crippen molar-refractivity contribution in [1.82, 2.24) is 20.2 Å². The van der Waals surface area contributed by atoms with Crippen LogP contribution in [-0.4, -0.2) is 65.1 Å². The van der Waals surface area contributed by atoms with Crippen molar-refractivity contribution in [1.29, 1.82) is 0 Å². The Labute approximate surface area is 224 Å². The predicted octanol–water partition coefficient (Wildman–Crippen LogP) is 4.33. The van der Waals surface area contributed by atoms with Crippen molar-refractivity contribution in [3.63, 3.8) is 0 Å². The van der Waals surface area contributed by atoms with Crippen molar-refractivity contribution in [3.8, 4) is 10.6 Å². The summed E-state index contributed by atoms with van der Waals surface area (Å²) in [4.78, 5) is 39.0. The minimum absolute atomic E-state index is 0.189. The second-order valence-corrected chi connectivity index (χ2v) is 10.2. The first-order valence-electron chi connectivity index (χ1n) is 12.3. The third-order valence-corrected chi connectivity index (χ3v) is 7.44. The highest BCUT2D eigenvalue weighted by Crippen LogP contribution is 2.28. The second kappa shape index (κ2) is 11.4. The summed E-state index contributed by atoms with van der Waals surface area (Å²) < 4.78 is 0. The average molecular weight is 529 g/mol. The first-order chi connectivity index (χ1) is 18.4. The molecule has 0 radical (unpaired) electrons. The third kappa shape index (κ3) is 6.16. The molecule has 1 saturated heterocycles. The molecule has 3 heterocycles. The fraction of sp³-hybridized carbons (Fsp3) is 0.214. The summed E-state index contributed by atoms with van der Waals surface area (Å²) in [7, 11) is 2.14. The molecular weight excluding hydrogens is 500 g/mol. The molecule has 5 rings (SSSR count). The standard InChI is InChI=1S/C28H28N6O3S/c1-33-12-14-34(15-13-33)22-7-3-6-21(17-22)31-28-29-11-10-23(32-28)24-8-9-25(38-24)26(35)30-18-19-4-2-5-20(16-19)27(36)37/h2-11,16-17H,12-15,18H2,1H3,(H,30,35)(H,36,37)(H,29,31,32). The normalized spacial score (nSPS) is 13.8. The largest absolute Gasteiger partial charge is 0.478 e. The number of thiophene rings is 1. The summed E-state index contributed by atoms with van der Waals surface area (Å²) >= 11 is 1.34. The number of aromatic nitrogens is 2. The van der Waals surface area contributed by atoms with Gasteiger partial charge in [0.1, 0.15) is 0 Å². The Morgan fingerprint density at radius 1 is 1.00 bits per heavy atom. The van der Waals surface area contributed by atoms with Crippen LogP contribution in [0.25, 0.3) is 10.6 Å². The molecule has 0 bridgehead atoms. The molecular formula is C28H28N6O3S. The van der Waals surface area contributed by atoms with Gasteiger partial charge in [-0.1, -0.05) is 18.2 Å². The van der Waals surface area contributed by atoms with Crippen LogP contribution in [0.15, 0.2) is 72.9 Å². The van der Waals surface area contributed by atoms with E-state index in [2.05, 4.69) is 49.6 Å². The Morgan fingerprint density at radius 2 is 1.82 bits per heavy atom. The van der Waals surface area contributed by atoms with Gasteiger partial charge in [-0.15, -0.1) is 11.3 Å². The topological polar surface area (TPSA) is 111 Å². The minimum atomic E-state index is -0.998. The lowest BCUT2D eigenvalue weighted by molar-refractivity contribution is 0.0696. The number of amides is 1. The van der Waals surface area contributed by atoms with Crippen molar-refractivity contribution in [2.24, 2.45) is 0 Å². The molecule has 1 fully saturated rings. The van der Waals surface area contributed by atoms with Gasteiger partial charge >= 0.3 is 5.97 Å². The Bertz CT molecular complexity index is 1450. The van der Waals surface area contributed by atoms with Crippen LogP contribution in [0, 0.1) is 0 Å². The zero-order chi connectivity index (χ0) is 26.5. The number of piperazine rings is 1. The first-order valence-corrected chi connectivity index (χ1v) is 13.1. The summed E-state index contributed by atoms with van der Waals surface area (Å²) in [6.45, 7) is 4.31. The summed E-state index contributed by atoms with van der Waals surface area (Å²) in [5.74, 6) is -0.742. The fourth-order valence-corrected chi connectivity index (χ4v) is 5.10. The number of nitrogens with zero attached hydrogens (tertiary/aromatic N) is 4. The maximum absolute atomic E-state index is 12.7. The third-order valence-electron chi connectivity index (χ3n) is 6.34. The minimum Gasteiger partial charge on any atom is -0.478 e. The van der Waals surface area contributed by atoms with Gasteiger partial charge in [0.15, 0.2) is 0 Å². The summed E-state index contributed by atoms with van der Waals surface area (Å²) in [5, 5.41) is 15.3. The van der Waals surface area contributed by atoms with Crippen molar-refractivity contribution >= 4 is 40.5 Å². The lowest BCUT2D eigenvalue weighted by Gasteiger charge is -2.34. The quantitative estimate of drug-likeness (QED) is 0.310. The van der Waals surface area contributed by atoms with Crippen LogP contribution < -0.4 is 15.5 Å². The molecule has 1 amide bonds. The summed E-state index contributed by atoms with van der Waals surface area (Å²) in [6.07, 6.45) is 1.70. The van der Waals surface area contributed by atoms with Crippen LogP contribution in [0.2, 0.25) is 0 Å². The molecule has 38 heavy (non-hydrogen) atoms. The number of hydrogen-bond donors (Lipinski definition) is 3.